The molecule has 71 valence electrons. The Bertz CT molecular complexity index is 256. The molecule has 0 amide bonds. The second-order valence-corrected chi connectivity index (χ2v) is 3.31. The van der Waals surface area contributed by atoms with Crippen LogP contribution in [0.2, 0.25) is 0 Å². The molecule has 1 rings (SSSR count). The van der Waals surface area contributed by atoms with E-state index in [1.807, 2.05) is 12.1 Å². The van der Waals surface area contributed by atoms with Crippen LogP contribution >= 0.6 is 0 Å². The first-order valence-corrected chi connectivity index (χ1v) is 4.40. The fraction of sp³-hybridized carbons (Fsp3) is 0.455. The molecule has 0 aliphatic heterocycles. The lowest BCUT2D eigenvalue weighted by molar-refractivity contribution is 0.269. The highest BCUT2D eigenvalue weighted by atomic mass is 16.5. The SMILES string of the molecule is COc1c[c]cc(OCC(C)C)c1. The van der Waals surface area contributed by atoms with Crippen LogP contribution in [-0.4, -0.2) is 13.7 Å². The third-order valence-electron chi connectivity index (χ3n) is 1.55. The van der Waals surface area contributed by atoms with Crippen molar-refractivity contribution >= 4 is 0 Å². The zero-order valence-electron chi connectivity index (χ0n) is 8.33. The molecule has 1 aromatic rings. The number of hydrogen-bond acceptors (Lipinski definition) is 2. The molecule has 1 radical (unpaired) electrons. The summed E-state index contributed by atoms with van der Waals surface area (Å²) in [5.74, 6) is 2.13. The van der Waals surface area contributed by atoms with Crippen LogP contribution in [-0.2, 0) is 0 Å². The van der Waals surface area contributed by atoms with E-state index in [-0.39, 0.29) is 0 Å². The maximum atomic E-state index is 5.50. The van der Waals surface area contributed by atoms with Crippen molar-refractivity contribution in [3.05, 3.63) is 24.3 Å². The summed E-state index contributed by atoms with van der Waals surface area (Å²) in [5, 5.41) is 0. The van der Waals surface area contributed by atoms with Crippen LogP contribution in [0.3, 0.4) is 0 Å². The van der Waals surface area contributed by atoms with Gasteiger partial charge in [0.25, 0.3) is 0 Å². The van der Waals surface area contributed by atoms with E-state index in [1.165, 1.54) is 0 Å². The lowest BCUT2D eigenvalue weighted by Crippen LogP contribution is -2.04. The van der Waals surface area contributed by atoms with E-state index < -0.39 is 0 Å². The van der Waals surface area contributed by atoms with E-state index in [9.17, 15) is 0 Å². The van der Waals surface area contributed by atoms with E-state index >= 15 is 0 Å². The lowest BCUT2D eigenvalue weighted by atomic mass is 10.2. The van der Waals surface area contributed by atoms with Crippen LogP contribution < -0.4 is 9.47 Å². The fourth-order valence-corrected chi connectivity index (χ4v) is 0.894. The standard InChI is InChI=1S/C11H15O2/c1-9(2)8-13-11-6-4-5-10(7-11)12-3/h5-7,9H,8H2,1-3H3. The summed E-state index contributed by atoms with van der Waals surface area (Å²) in [6.07, 6.45) is 0. The average Bonchev–Trinajstić information content (AvgIpc) is 2.15. The van der Waals surface area contributed by atoms with Gasteiger partial charge in [0.1, 0.15) is 11.5 Å². The van der Waals surface area contributed by atoms with Crippen LogP contribution in [0.5, 0.6) is 11.5 Å². The molecule has 0 N–H and O–H groups in total. The van der Waals surface area contributed by atoms with Gasteiger partial charge in [-0.3, -0.25) is 0 Å². The first-order chi connectivity index (χ1) is 6.22. The van der Waals surface area contributed by atoms with Crippen molar-refractivity contribution in [2.45, 2.75) is 13.8 Å². The summed E-state index contributed by atoms with van der Waals surface area (Å²) in [6, 6.07) is 8.40. The van der Waals surface area contributed by atoms with Gasteiger partial charge in [0.05, 0.1) is 13.7 Å². The van der Waals surface area contributed by atoms with Crippen molar-refractivity contribution in [2.24, 2.45) is 5.92 Å². The first kappa shape index (κ1) is 9.90. The topological polar surface area (TPSA) is 18.5 Å². The van der Waals surface area contributed by atoms with E-state index in [2.05, 4.69) is 19.9 Å². The summed E-state index contributed by atoms with van der Waals surface area (Å²) < 4.78 is 10.5. The zero-order chi connectivity index (χ0) is 9.68. The van der Waals surface area contributed by atoms with E-state index in [0.717, 1.165) is 18.1 Å². The molecule has 0 unspecified atom stereocenters. The van der Waals surface area contributed by atoms with E-state index in [0.29, 0.717) is 5.92 Å². The Labute approximate surface area is 79.5 Å². The van der Waals surface area contributed by atoms with Gasteiger partial charge in [-0.15, -0.1) is 0 Å². The van der Waals surface area contributed by atoms with Crippen molar-refractivity contribution < 1.29 is 9.47 Å². The van der Waals surface area contributed by atoms with Gasteiger partial charge in [-0.2, -0.15) is 0 Å². The Hall–Kier alpha value is -1.18. The van der Waals surface area contributed by atoms with Crippen molar-refractivity contribution in [3.63, 3.8) is 0 Å². The minimum absolute atomic E-state index is 0.534. The van der Waals surface area contributed by atoms with Crippen molar-refractivity contribution in [1.29, 1.82) is 0 Å². The summed E-state index contributed by atoms with van der Waals surface area (Å²) in [7, 11) is 1.63. The molecule has 0 atom stereocenters. The molecule has 0 aromatic heterocycles. The van der Waals surface area contributed by atoms with Crippen molar-refractivity contribution in [1.82, 2.24) is 0 Å². The summed E-state index contributed by atoms with van der Waals surface area (Å²) in [4.78, 5) is 0. The summed E-state index contributed by atoms with van der Waals surface area (Å²) in [5.41, 5.74) is 0. The Balaban J connectivity index is 2.56. The van der Waals surface area contributed by atoms with Gasteiger partial charge in [-0.1, -0.05) is 13.8 Å². The lowest BCUT2D eigenvalue weighted by Gasteiger charge is -2.09. The van der Waals surface area contributed by atoms with E-state index in [1.54, 1.807) is 13.2 Å². The van der Waals surface area contributed by atoms with Crippen LogP contribution in [0.25, 0.3) is 0 Å². The van der Waals surface area contributed by atoms with E-state index in [4.69, 9.17) is 9.47 Å². The molecule has 1 aromatic carbocycles. The van der Waals surface area contributed by atoms with Gasteiger partial charge in [-0.25, -0.2) is 0 Å². The number of rotatable bonds is 4. The van der Waals surface area contributed by atoms with Gasteiger partial charge in [-0.05, 0) is 24.1 Å². The van der Waals surface area contributed by atoms with Gasteiger partial charge < -0.3 is 9.47 Å². The molecule has 0 aliphatic rings. The molecule has 0 heterocycles. The Morgan fingerprint density at radius 1 is 1.31 bits per heavy atom. The van der Waals surface area contributed by atoms with Gasteiger partial charge >= 0.3 is 0 Å². The van der Waals surface area contributed by atoms with Gasteiger partial charge in [0, 0.05) is 6.07 Å². The highest BCUT2D eigenvalue weighted by molar-refractivity contribution is 5.32. The predicted molar refractivity (Wildman–Crippen MR) is 52.2 cm³/mol. The third-order valence-corrected chi connectivity index (χ3v) is 1.55. The number of methoxy groups -OCH3 is 1. The van der Waals surface area contributed by atoms with Gasteiger partial charge in [0.15, 0.2) is 0 Å². The largest absolute Gasteiger partial charge is 0.497 e. The molecule has 13 heavy (non-hydrogen) atoms. The molecule has 0 saturated heterocycles. The summed E-state index contributed by atoms with van der Waals surface area (Å²) >= 11 is 0. The predicted octanol–water partition coefficient (Wildman–Crippen LogP) is 2.53. The second kappa shape index (κ2) is 4.75. The molecular weight excluding hydrogens is 164 g/mol. The molecular formula is C11H15O2. The molecule has 0 aliphatic carbocycles. The Morgan fingerprint density at radius 3 is 2.62 bits per heavy atom. The molecule has 0 bridgehead atoms. The second-order valence-electron chi connectivity index (χ2n) is 3.31. The fourth-order valence-electron chi connectivity index (χ4n) is 0.894. The molecule has 0 spiro atoms. The highest BCUT2D eigenvalue weighted by Gasteiger charge is 1.98. The van der Waals surface area contributed by atoms with Crippen LogP contribution in [0.4, 0.5) is 0 Å². The van der Waals surface area contributed by atoms with Crippen LogP contribution in [0.15, 0.2) is 18.2 Å². The average molecular weight is 179 g/mol. The number of benzene rings is 1. The van der Waals surface area contributed by atoms with Crippen LogP contribution in [0, 0.1) is 12.0 Å². The monoisotopic (exact) mass is 179 g/mol. The quantitative estimate of drug-likeness (QED) is 0.707. The van der Waals surface area contributed by atoms with Crippen molar-refractivity contribution in [2.75, 3.05) is 13.7 Å². The minimum atomic E-state index is 0.534. The maximum Gasteiger partial charge on any atom is 0.123 e. The molecule has 2 nitrogen and oxygen atoms in total. The van der Waals surface area contributed by atoms with Crippen molar-refractivity contribution in [3.8, 4) is 11.5 Å². The molecule has 0 saturated carbocycles. The molecule has 2 heteroatoms. The first-order valence-electron chi connectivity index (χ1n) is 4.40. The highest BCUT2D eigenvalue weighted by Crippen LogP contribution is 2.18. The maximum absolute atomic E-state index is 5.50. The Morgan fingerprint density at radius 2 is 2.00 bits per heavy atom. The minimum Gasteiger partial charge on any atom is -0.497 e. The van der Waals surface area contributed by atoms with Crippen LogP contribution in [0.1, 0.15) is 13.8 Å². The normalized spacial score (nSPS) is 10.2. The number of hydrogen-bond donors (Lipinski definition) is 0. The number of ether oxygens (including phenoxy) is 2. The van der Waals surface area contributed by atoms with Gasteiger partial charge in [0.2, 0.25) is 0 Å². The zero-order valence-corrected chi connectivity index (χ0v) is 8.33. The third kappa shape index (κ3) is 3.36. The summed E-state index contributed by atoms with van der Waals surface area (Å²) in [6.45, 7) is 4.95. The Kier molecular flexibility index (Phi) is 3.62. The smallest absolute Gasteiger partial charge is 0.123 e. The molecule has 0 fully saturated rings.